The molecule has 1 amide bonds. The molecule has 0 bridgehead atoms. The summed E-state index contributed by atoms with van der Waals surface area (Å²) in [6, 6.07) is -0.0484. The van der Waals surface area contributed by atoms with E-state index in [0.717, 1.165) is 45.1 Å². The van der Waals surface area contributed by atoms with Crippen LogP contribution in [-0.2, 0) is 4.79 Å². The molecule has 0 radical (unpaired) electrons. The van der Waals surface area contributed by atoms with Gasteiger partial charge in [0.1, 0.15) is 0 Å². The van der Waals surface area contributed by atoms with Crippen LogP contribution < -0.4 is 10.6 Å². The normalized spacial score (nSPS) is 36.5. The van der Waals surface area contributed by atoms with E-state index in [0.29, 0.717) is 0 Å². The average molecular weight is 212 g/mol. The van der Waals surface area contributed by atoms with Gasteiger partial charge < -0.3 is 15.7 Å². The van der Waals surface area contributed by atoms with Crippen LogP contribution in [0.2, 0.25) is 0 Å². The van der Waals surface area contributed by atoms with E-state index in [4.69, 9.17) is 0 Å². The van der Waals surface area contributed by atoms with E-state index >= 15 is 0 Å². The third-order valence-electron chi connectivity index (χ3n) is 3.43. The molecule has 4 nitrogen and oxygen atoms in total. The first kappa shape index (κ1) is 10.9. The van der Waals surface area contributed by atoms with E-state index < -0.39 is 0 Å². The highest BCUT2D eigenvalue weighted by Gasteiger charge is 2.28. The second-order valence-corrected chi connectivity index (χ2v) is 4.62. The molecule has 0 unspecified atom stereocenters. The summed E-state index contributed by atoms with van der Waals surface area (Å²) in [6.45, 7) is 0.936. The van der Waals surface area contributed by atoms with Crippen molar-refractivity contribution in [1.82, 2.24) is 10.6 Å². The number of carbonyl (C=O) groups is 1. The number of hydrogen-bond donors (Lipinski definition) is 3. The van der Waals surface area contributed by atoms with Crippen LogP contribution in [0.25, 0.3) is 0 Å². The summed E-state index contributed by atoms with van der Waals surface area (Å²) in [5.41, 5.74) is 0. The van der Waals surface area contributed by atoms with Crippen molar-refractivity contribution in [2.75, 3.05) is 6.54 Å². The van der Waals surface area contributed by atoms with E-state index in [1.54, 1.807) is 0 Å². The summed E-state index contributed by atoms with van der Waals surface area (Å²) in [4.78, 5) is 11.8. The zero-order valence-corrected chi connectivity index (χ0v) is 9.04. The van der Waals surface area contributed by atoms with Crippen LogP contribution in [0.1, 0.15) is 38.5 Å². The predicted molar refractivity (Wildman–Crippen MR) is 57.4 cm³/mol. The fraction of sp³-hybridized carbons (Fsp3) is 0.909. The Morgan fingerprint density at radius 1 is 1.20 bits per heavy atom. The molecule has 2 fully saturated rings. The van der Waals surface area contributed by atoms with Crippen molar-refractivity contribution in [3.05, 3.63) is 0 Å². The average Bonchev–Trinajstić information content (AvgIpc) is 2.74. The van der Waals surface area contributed by atoms with Crippen molar-refractivity contribution < 1.29 is 9.90 Å². The number of aliphatic hydroxyl groups excluding tert-OH is 1. The zero-order chi connectivity index (χ0) is 10.7. The van der Waals surface area contributed by atoms with E-state index in [-0.39, 0.29) is 24.1 Å². The molecule has 3 atom stereocenters. The molecule has 0 spiro atoms. The summed E-state index contributed by atoms with van der Waals surface area (Å²) in [6.07, 6.45) is 5.59. The second kappa shape index (κ2) is 4.94. The van der Waals surface area contributed by atoms with Gasteiger partial charge in [-0.1, -0.05) is 12.8 Å². The fourth-order valence-corrected chi connectivity index (χ4v) is 2.47. The first-order valence-electron chi connectivity index (χ1n) is 5.99. The van der Waals surface area contributed by atoms with Gasteiger partial charge in [0, 0.05) is 0 Å². The molecule has 1 aliphatic heterocycles. The minimum absolute atomic E-state index is 0.0198. The highest BCUT2D eigenvalue weighted by molar-refractivity contribution is 5.82. The molecule has 0 aromatic carbocycles. The number of hydrogen-bond acceptors (Lipinski definition) is 3. The number of amides is 1. The first-order chi connectivity index (χ1) is 7.27. The molecule has 1 aliphatic carbocycles. The van der Waals surface area contributed by atoms with Gasteiger partial charge in [-0.2, -0.15) is 0 Å². The van der Waals surface area contributed by atoms with Gasteiger partial charge in [0.15, 0.2) is 0 Å². The molecular weight excluding hydrogens is 192 g/mol. The maximum Gasteiger partial charge on any atom is 0.237 e. The van der Waals surface area contributed by atoms with Crippen LogP contribution in [0.4, 0.5) is 0 Å². The molecule has 2 aliphatic rings. The summed E-state index contributed by atoms with van der Waals surface area (Å²) < 4.78 is 0. The third-order valence-corrected chi connectivity index (χ3v) is 3.43. The molecule has 4 heteroatoms. The highest BCUT2D eigenvalue weighted by Crippen LogP contribution is 2.18. The third kappa shape index (κ3) is 2.69. The molecular formula is C11H20N2O2. The van der Waals surface area contributed by atoms with Crippen molar-refractivity contribution in [3.63, 3.8) is 0 Å². The predicted octanol–water partition coefficient (Wildman–Crippen LogP) is 0.158. The van der Waals surface area contributed by atoms with E-state index in [2.05, 4.69) is 10.6 Å². The lowest BCUT2D eigenvalue weighted by molar-refractivity contribution is -0.124. The Morgan fingerprint density at radius 2 is 2.00 bits per heavy atom. The van der Waals surface area contributed by atoms with E-state index in [1.165, 1.54) is 0 Å². The fourth-order valence-electron chi connectivity index (χ4n) is 2.47. The zero-order valence-electron chi connectivity index (χ0n) is 9.04. The van der Waals surface area contributed by atoms with Crippen LogP contribution in [0, 0.1) is 0 Å². The van der Waals surface area contributed by atoms with Crippen LogP contribution in [0.5, 0.6) is 0 Å². The molecule has 0 aromatic heterocycles. The van der Waals surface area contributed by atoms with Crippen molar-refractivity contribution in [1.29, 1.82) is 0 Å². The summed E-state index contributed by atoms with van der Waals surface area (Å²) >= 11 is 0. The standard InChI is InChI=1S/C11H20N2O2/c14-10-6-2-1-4-8(10)13-11(15)9-5-3-7-12-9/h8-10,12,14H,1-7H2,(H,13,15)/t8-,9+,10-/m0/s1. The van der Waals surface area contributed by atoms with Crippen LogP contribution in [0.3, 0.4) is 0 Å². The van der Waals surface area contributed by atoms with Crippen molar-refractivity contribution in [2.45, 2.75) is 56.7 Å². The van der Waals surface area contributed by atoms with Crippen molar-refractivity contribution in [3.8, 4) is 0 Å². The number of aliphatic hydroxyl groups is 1. The Morgan fingerprint density at radius 3 is 2.67 bits per heavy atom. The molecule has 1 saturated heterocycles. The van der Waals surface area contributed by atoms with Gasteiger partial charge >= 0.3 is 0 Å². The Hall–Kier alpha value is -0.610. The number of nitrogens with one attached hydrogen (secondary N) is 2. The minimum Gasteiger partial charge on any atom is -0.391 e. The highest BCUT2D eigenvalue weighted by atomic mass is 16.3. The van der Waals surface area contributed by atoms with Crippen LogP contribution in [-0.4, -0.2) is 35.7 Å². The Balaban J connectivity index is 1.81. The topological polar surface area (TPSA) is 61.4 Å². The molecule has 2 rings (SSSR count). The van der Waals surface area contributed by atoms with Crippen molar-refractivity contribution in [2.24, 2.45) is 0 Å². The van der Waals surface area contributed by atoms with Gasteiger partial charge in [0.25, 0.3) is 0 Å². The SMILES string of the molecule is O=C(N[C@H]1CCCC[C@@H]1O)[C@H]1CCCN1. The van der Waals surface area contributed by atoms with Gasteiger partial charge in [-0.05, 0) is 32.2 Å². The minimum atomic E-state index is -0.343. The maximum absolute atomic E-state index is 11.8. The monoisotopic (exact) mass is 212 g/mol. The smallest absolute Gasteiger partial charge is 0.237 e. The van der Waals surface area contributed by atoms with Gasteiger partial charge in [0.2, 0.25) is 5.91 Å². The summed E-state index contributed by atoms with van der Waals surface area (Å²) in [5.74, 6) is 0.0680. The lowest BCUT2D eigenvalue weighted by Gasteiger charge is -2.29. The lowest BCUT2D eigenvalue weighted by Crippen LogP contribution is -2.50. The Kier molecular flexibility index (Phi) is 3.59. The molecule has 1 heterocycles. The largest absolute Gasteiger partial charge is 0.391 e. The number of carbonyl (C=O) groups excluding carboxylic acids is 1. The molecule has 15 heavy (non-hydrogen) atoms. The van der Waals surface area contributed by atoms with Gasteiger partial charge in [-0.15, -0.1) is 0 Å². The van der Waals surface area contributed by atoms with E-state index in [1.807, 2.05) is 0 Å². The first-order valence-corrected chi connectivity index (χ1v) is 5.99. The Bertz CT molecular complexity index is 227. The molecule has 86 valence electrons. The number of rotatable bonds is 2. The van der Waals surface area contributed by atoms with E-state index in [9.17, 15) is 9.90 Å². The molecule has 0 aromatic rings. The maximum atomic E-state index is 11.8. The summed E-state index contributed by atoms with van der Waals surface area (Å²) in [5, 5.41) is 15.9. The lowest BCUT2D eigenvalue weighted by atomic mass is 9.92. The quantitative estimate of drug-likeness (QED) is 0.611. The second-order valence-electron chi connectivity index (χ2n) is 4.62. The van der Waals surface area contributed by atoms with Gasteiger partial charge in [-0.25, -0.2) is 0 Å². The van der Waals surface area contributed by atoms with Crippen LogP contribution in [0.15, 0.2) is 0 Å². The molecule has 1 saturated carbocycles. The van der Waals surface area contributed by atoms with Gasteiger partial charge in [-0.3, -0.25) is 4.79 Å². The molecule has 3 N–H and O–H groups in total. The van der Waals surface area contributed by atoms with Gasteiger partial charge in [0.05, 0.1) is 18.2 Å². The Labute approximate surface area is 90.4 Å². The summed E-state index contributed by atoms with van der Waals surface area (Å²) in [7, 11) is 0. The van der Waals surface area contributed by atoms with Crippen LogP contribution >= 0.6 is 0 Å². The van der Waals surface area contributed by atoms with Crippen molar-refractivity contribution >= 4 is 5.91 Å².